The summed E-state index contributed by atoms with van der Waals surface area (Å²) in [7, 11) is 0. The Balaban J connectivity index is 2.38. The molecule has 3 nitrogen and oxygen atoms in total. The van der Waals surface area contributed by atoms with E-state index >= 15 is 0 Å². The number of nitrogens with zero attached hydrogens (tertiary/aromatic N) is 2. The van der Waals surface area contributed by atoms with E-state index in [4.69, 9.17) is 0 Å². The molecule has 0 atom stereocenters. The van der Waals surface area contributed by atoms with Crippen molar-refractivity contribution in [1.82, 2.24) is 9.78 Å². The highest BCUT2D eigenvalue weighted by molar-refractivity contribution is 5.71. The van der Waals surface area contributed by atoms with E-state index in [-0.39, 0.29) is 5.41 Å². The standard InChI is InChI=1S/C9H12N2O/c1-2-11-8(3-6-10-11)9(7-12)4-5-9/h3,6-7H,2,4-5H2,1H3. The molecule has 1 fully saturated rings. The Hall–Kier alpha value is -1.12. The van der Waals surface area contributed by atoms with Crippen LogP contribution in [0.1, 0.15) is 25.5 Å². The highest BCUT2D eigenvalue weighted by atomic mass is 16.1. The second-order valence-electron chi connectivity index (χ2n) is 3.31. The average molecular weight is 164 g/mol. The summed E-state index contributed by atoms with van der Waals surface area (Å²) in [5.74, 6) is 0. The Kier molecular flexibility index (Phi) is 1.53. The first-order chi connectivity index (χ1) is 5.82. The summed E-state index contributed by atoms with van der Waals surface area (Å²) in [5, 5.41) is 4.15. The molecule has 0 aromatic carbocycles. The minimum Gasteiger partial charge on any atom is -0.302 e. The van der Waals surface area contributed by atoms with Gasteiger partial charge < -0.3 is 4.79 Å². The first kappa shape index (κ1) is 7.53. The van der Waals surface area contributed by atoms with Crippen LogP contribution in [0.4, 0.5) is 0 Å². The van der Waals surface area contributed by atoms with Crippen molar-refractivity contribution in [3.05, 3.63) is 18.0 Å². The van der Waals surface area contributed by atoms with Crippen molar-refractivity contribution >= 4 is 6.29 Å². The van der Waals surface area contributed by atoms with Crippen molar-refractivity contribution in [2.24, 2.45) is 0 Å². The van der Waals surface area contributed by atoms with Crippen molar-refractivity contribution in [2.75, 3.05) is 0 Å². The Morgan fingerprint density at radius 1 is 1.75 bits per heavy atom. The number of aldehydes is 1. The molecule has 2 rings (SSSR count). The molecule has 0 unspecified atom stereocenters. The summed E-state index contributed by atoms with van der Waals surface area (Å²) in [6.07, 6.45) is 4.81. The van der Waals surface area contributed by atoms with Crippen LogP contribution in [0.3, 0.4) is 0 Å². The molecule has 1 aliphatic carbocycles. The van der Waals surface area contributed by atoms with Crippen molar-refractivity contribution in [3.63, 3.8) is 0 Å². The van der Waals surface area contributed by atoms with E-state index in [1.165, 1.54) is 0 Å². The smallest absolute Gasteiger partial charge is 0.132 e. The molecule has 1 saturated carbocycles. The van der Waals surface area contributed by atoms with Crippen LogP contribution in [0, 0.1) is 0 Å². The molecule has 0 radical (unpaired) electrons. The number of hydrogen-bond donors (Lipinski definition) is 0. The number of carbonyl (C=O) groups excluding carboxylic acids is 1. The van der Waals surface area contributed by atoms with Crippen LogP contribution in [0.15, 0.2) is 12.3 Å². The molecule has 64 valence electrons. The van der Waals surface area contributed by atoms with Crippen LogP contribution < -0.4 is 0 Å². The summed E-state index contributed by atoms with van der Waals surface area (Å²) < 4.78 is 1.90. The van der Waals surface area contributed by atoms with Crippen molar-refractivity contribution in [3.8, 4) is 0 Å². The topological polar surface area (TPSA) is 34.9 Å². The van der Waals surface area contributed by atoms with Gasteiger partial charge in [-0.2, -0.15) is 5.10 Å². The van der Waals surface area contributed by atoms with E-state index in [0.29, 0.717) is 0 Å². The number of rotatable bonds is 3. The second kappa shape index (κ2) is 2.44. The SMILES string of the molecule is CCn1nccc1C1(C=O)CC1. The molecule has 0 N–H and O–H groups in total. The van der Waals surface area contributed by atoms with Crippen LogP contribution >= 0.6 is 0 Å². The zero-order valence-corrected chi connectivity index (χ0v) is 7.16. The molecule has 1 aromatic heterocycles. The molecule has 0 saturated heterocycles. The molecule has 0 amide bonds. The highest BCUT2D eigenvalue weighted by Gasteiger charge is 2.46. The summed E-state index contributed by atoms with van der Waals surface area (Å²) in [4.78, 5) is 10.8. The fourth-order valence-corrected chi connectivity index (χ4v) is 1.58. The van der Waals surface area contributed by atoms with Crippen molar-refractivity contribution in [1.29, 1.82) is 0 Å². The molecule has 3 heteroatoms. The summed E-state index contributed by atoms with van der Waals surface area (Å²) in [6, 6.07) is 1.95. The minimum absolute atomic E-state index is 0.174. The third-order valence-electron chi connectivity index (χ3n) is 2.54. The van der Waals surface area contributed by atoms with E-state index < -0.39 is 0 Å². The molecule has 1 aliphatic rings. The lowest BCUT2D eigenvalue weighted by Crippen LogP contribution is -2.15. The number of hydrogen-bond acceptors (Lipinski definition) is 2. The average Bonchev–Trinajstić information content (AvgIpc) is 2.76. The zero-order valence-electron chi connectivity index (χ0n) is 7.16. The first-order valence-electron chi connectivity index (χ1n) is 4.31. The lowest BCUT2D eigenvalue weighted by atomic mass is 10.1. The maximum atomic E-state index is 10.8. The summed E-state index contributed by atoms with van der Waals surface area (Å²) in [5.41, 5.74) is 0.909. The summed E-state index contributed by atoms with van der Waals surface area (Å²) in [6.45, 7) is 2.88. The maximum Gasteiger partial charge on any atom is 0.132 e. The van der Waals surface area contributed by atoms with Crippen molar-refractivity contribution < 1.29 is 4.79 Å². The third kappa shape index (κ3) is 0.891. The predicted octanol–water partition coefficient (Wildman–Crippen LogP) is 1.13. The van der Waals surface area contributed by atoms with E-state index in [1.807, 2.05) is 17.7 Å². The first-order valence-corrected chi connectivity index (χ1v) is 4.31. The van der Waals surface area contributed by atoms with Gasteiger partial charge in [-0.15, -0.1) is 0 Å². The molecule has 12 heavy (non-hydrogen) atoms. The fraction of sp³-hybridized carbons (Fsp3) is 0.556. The minimum atomic E-state index is -0.174. The fourth-order valence-electron chi connectivity index (χ4n) is 1.58. The van der Waals surface area contributed by atoms with Gasteiger partial charge in [0.05, 0.1) is 11.1 Å². The van der Waals surface area contributed by atoms with Crippen molar-refractivity contribution in [2.45, 2.75) is 31.7 Å². The largest absolute Gasteiger partial charge is 0.302 e. The van der Waals surface area contributed by atoms with Crippen LogP contribution in [-0.2, 0) is 16.8 Å². The normalized spacial score (nSPS) is 19.1. The lowest BCUT2D eigenvalue weighted by molar-refractivity contribution is -0.110. The molecular formula is C9H12N2O. The van der Waals surface area contributed by atoms with Gasteiger partial charge in [-0.1, -0.05) is 0 Å². The molecule has 1 aromatic rings. The quantitative estimate of drug-likeness (QED) is 0.628. The number of aromatic nitrogens is 2. The molecular weight excluding hydrogens is 152 g/mol. The maximum absolute atomic E-state index is 10.8. The number of carbonyl (C=O) groups is 1. The monoisotopic (exact) mass is 164 g/mol. The molecule has 0 aliphatic heterocycles. The van der Waals surface area contributed by atoms with Crippen LogP contribution in [0.2, 0.25) is 0 Å². The second-order valence-corrected chi connectivity index (χ2v) is 3.31. The molecule has 1 heterocycles. The van der Waals surface area contributed by atoms with Crippen LogP contribution in [-0.4, -0.2) is 16.1 Å². The van der Waals surface area contributed by atoms with Gasteiger partial charge in [0.25, 0.3) is 0 Å². The number of aryl methyl sites for hydroxylation is 1. The Morgan fingerprint density at radius 3 is 3.00 bits per heavy atom. The van der Waals surface area contributed by atoms with Crippen LogP contribution in [0.25, 0.3) is 0 Å². The Morgan fingerprint density at radius 2 is 2.50 bits per heavy atom. The van der Waals surface area contributed by atoms with Gasteiger partial charge in [-0.05, 0) is 25.8 Å². The highest BCUT2D eigenvalue weighted by Crippen LogP contribution is 2.45. The van der Waals surface area contributed by atoms with E-state index in [1.54, 1.807) is 6.20 Å². The van der Waals surface area contributed by atoms with E-state index in [2.05, 4.69) is 5.10 Å². The van der Waals surface area contributed by atoms with E-state index in [0.717, 1.165) is 31.4 Å². The third-order valence-corrected chi connectivity index (χ3v) is 2.54. The van der Waals surface area contributed by atoms with Gasteiger partial charge in [0.15, 0.2) is 0 Å². The van der Waals surface area contributed by atoms with Gasteiger partial charge in [0.2, 0.25) is 0 Å². The van der Waals surface area contributed by atoms with Gasteiger partial charge >= 0.3 is 0 Å². The lowest BCUT2D eigenvalue weighted by Gasteiger charge is -2.08. The zero-order chi connectivity index (χ0) is 8.60. The predicted molar refractivity (Wildman–Crippen MR) is 44.9 cm³/mol. The molecule has 0 bridgehead atoms. The van der Waals surface area contributed by atoms with Gasteiger partial charge in [0, 0.05) is 12.7 Å². The van der Waals surface area contributed by atoms with Crippen LogP contribution in [0.5, 0.6) is 0 Å². The molecule has 0 spiro atoms. The Labute approximate surface area is 71.4 Å². The van der Waals surface area contributed by atoms with Gasteiger partial charge in [0.1, 0.15) is 6.29 Å². The Bertz CT molecular complexity index is 299. The summed E-state index contributed by atoms with van der Waals surface area (Å²) >= 11 is 0. The van der Waals surface area contributed by atoms with Gasteiger partial charge in [-0.25, -0.2) is 0 Å². The van der Waals surface area contributed by atoms with E-state index in [9.17, 15) is 4.79 Å². The van der Waals surface area contributed by atoms with Gasteiger partial charge in [-0.3, -0.25) is 4.68 Å².